The van der Waals surface area contributed by atoms with Crippen LogP contribution in [-0.2, 0) is 12.8 Å². The average molecular weight is 414 g/mol. The van der Waals surface area contributed by atoms with E-state index >= 15 is 0 Å². The number of fused-ring (bicyclic) bond motifs is 2. The molecule has 0 aliphatic carbocycles. The minimum atomic E-state index is -0.990. The Hall–Kier alpha value is -2.69. The summed E-state index contributed by atoms with van der Waals surface area (Å²) in [6.07, 6.45) is 2.75. The number of para-hydroxylation sites is 1. The highest BCUT2D eigenvalue weighted by atomic mass is 35.5. The first kappa shape index (κ1) is 18.7. The van der Waals surface area contributed by atoms with Crippen molar-refractivity contribution in [2.24, 2.45) is 0 Å². The molecule has 4 nitrogen and oxygen atoms in total. The van der Waals surface area contributed by atoms with Gasteiger partial charge in [-0.15, -0.1) is 0 Å². The number of hydrogen-bond acceptors (Lipinski definition) is 3. The summed E-state index contributed by atoms with van der Waals surface area (Å²) >= 11 is 12.0. The van der Waals surface area contributed by atoms with Crippen LogP contribution in [0.5, 0.6) is 11.5 Å². The molecule has 0 fully saturated rings. The molecular weight excluding hydrogens is 397 g/mol. The van der Waals surface area contributed by atoms with Crippen LogP contribution in [0.3, 0.4) is 0 Å². The number of carboxylic acid groups (broad SMARTS) is 1. The van der Waals surface area contributed by atoms with Gasteiger partial charge in [0.2, 0.25) is 0 Å². The van der Waals surface area contributed by atoms with Crippen LogP contribution < -0.4 is 10.1 Å². The Balaban J connectivity index is 1.46. The summed E-state index contributed by atoms with van der Waals surface area (Å²) in [4.78, 5) is 11.4. The Morgan fingerprint density at radius 2 is 1.68 bits per heavy atom. The molecule has 28 heavy (non-hydrogen) atoms. The molecule has 0 atom stereocenters. The summed E-state index contributed by atoms with van der Waals surface area (Å²) < 4.78 is 5.94. The molecular formula is C22H17Cl2NO3. The highest BCUT2D eigenvalue weighted by molar-refractivity contribution is 6.42. The maximum Gasteiger partial charge on any atom is 0.337 e. The van der Waals surface area contributed by atoms with Gasteiger partial charge in [0.1, 0.15) is 0 Å². The van der Waals surface area contributed by atoms with E-state index in [2.05, 4.69) is 5.32 Å². The predicted octanol–water partition coefficient (Wildman–Crippen LogP) is 6.72. The van der Waals surface area contributed by atoms with Gasteiger partial charge in [-0.25, -0.2) is 4.79 Å². The highest BCUT2D eigenvalue weighted by Crippen LogP contribution is 2.44. The third kappa shape index (κ3) is 3.79. The summed E-state index contributed by atoms with van der Waals surface area (Å²) in [5.74, 6) is 0.220. The molecule has 3 aromatic rings. The fourth-order valence-corrected chi connectivity index (χ4v) is 3.60. The quantitative estimate of drug-likeness (QED) is 0.381. The molecule has 0 saturated carbocycles. The van der Waals surface area contributed by atoms with E-state index in [0.29, 0.717) is 27.2 Å². The monoisotopic (exact) mass is 413 g/mol. The van der Waals surface area contributed by atoms with Crippen molar-refractivity contribution in [3.63, 3.8) is 0 Å². The standard InChI is InChI=1S/C22H17Cl2NO3/c23-16-9-7-13(11-17(16)24)3-1-4-14-8-10-18-20(12-14)28-19-6-2-5-15(22(26)27)21(19)25-18/h2,5-12,25H,1,3-4H2,(H,26,27). The molecule has 6 heteroatoms. The van der Waals surface area contributed by atoms with Gasteiger partial charge >= 0.3 is 5.97 Å². The summed E-state index contributed by atoms with van der Waals surface area (Å²) in [5.41, 5.74) is 3.73. The van der Waals surface area contributed by atoms with Crippen LogP contribution in [0.2, 0.25) is 10.0 Å². The first-order chi connectivity index (χ1) is 13.5. The SMILES string of the molecule is O=C(O)c1cccc2c1Nc1ccc(CCCc3ccc(Cl)c(Cl)c3)cc1O2. The maximum atomic E-state index is 11.4. The number of carbonyl (C=O) groups is 1. The zero-order chi connectivity index (χ0) is 19.7. The van der Waals surface area contributed by atoms with E-state index in [1.807, 2.05) is 36.4 Å². The van der Waals surface area contributed by atoms with Crippen molar-refractivity contribution in [3.8, 4) is 11.5 Å². The lowest BCUT2D eigenvalue weighted by Crippen LogP contribution is -2.09. The molecule has 0 unspecified atom stereocenters. The molecule has 2 N–H and O–H groups in total. The largest absolute Gasteiger partial charge is 0.478 e. The molecule has 0 saturated heterocycles. The van der Waals surface area contributed by atoms with Crippen molar-refractivity contribution in [1.82, 2.24) is 0 Å². The van der Waals surface area contributed by atoms with Gasteiger partial charge in [-0.3, -0.25) is 0 Å². The van der Waals surface area contributed by atoms with Gasteiger partial charge in [0.15, 0.2) is 11.5 Å². The van der Waals surface area contributed by atoms with E-state index in [0.717, 1.165) is 36.1 Å². The van der Waals surface area contributed by atoms with Crippen LogP contribution in [0.4, 0.5) is 11.4 Å². The molecule has 0 spiro atoms. The Labute approximate surface area is 172 Å². The minimum absolute atomic E-state index is 0.189. The zero-order valence-electron chi connectivity index (χ0n) is 14.8. The molecule has 1 aliphatic rings. The molecule has 142 valence electrons. The maximum absolute atomic E-state index is 11.4. The summed E-state index contributed by atoms with van der Waals surface area (Å²) in [5, 5.41) is 13.7. The van der Waals surface area contributed by atoms with Crippen molar-refractivity contribution in [1.29, 1.82) is 0 Å². The number of anilines is 2. The van der Waals surface area contributed by atoms with Crippen molar-refractivity contribution < 1.29 is 14.6 Å². The van der Waals surface area contributed by atoms with Gasteiger partial charge in [-0.2, -0.15) is 0 Å². The van der Waals surface area contributed by atoms with Gasteiger partial charge in [0.25, 0.3) is 0 Å². The smallest absolute Gasteiger partial charge is 0.337 e. The van der Waals surface area contributed by atoms with Gasteiger partial charge in [-0.1, -0.05) is 41.4 Å². The number of aromatic carboxylic acids is 1. The fraction of sp³-hybridized carbons (Fsp3) is 0.136. The normalized spacial score (nSPS) is 11.8. The topological polar surface area (TPSA) is 58.6 Å². The van der Waals surface area contributed by atoms with E-state index in [-0.39, 0.29) is 5.56 Å². The van der Waals surface area contributed by atoms with Gasteiger partial charge in [0, 0.05) is 0 Å². The Morgan fingerprint density at radius 1 is 0.929 bits per heavy atom. The number of aryl methyl sites for hydroxylation is 2. The van der Waals surface area contributed by atoms with Crippen LogP contribution in [0, 0.1) is 0 Å². The summed E-state index contributed by atoms with van der Waals surface area (Å²) in [6, 6.07) is 16.6. The van der Waals surface area contributed by atoms with Crippen LogP contribution in [0.1, 0.15) is 27.9 Å². The summed E-state index contributed by atoms with van der Waals surface area (Å²) in [6.45, 7) is 0. The Bertz CT molecular complexity index is 1070. The molecule has 0 bridgehead atoms. The van der Waals surface area contributed by atoms with Gasteiger partial charge in [-0.05, 0) is 66.8 Å². The lowest BCUT2D eigenvalue weighted by molar-refractivity contribution is 0.0697. The average Bonchev–Trinajstić information content (AvgIpc) is 2.68. The van der Waals surface area contributed by atoms with Crippen molar-refractivity contribution in [2.45, 2.75) is 19.3 Å². The number of rotatable bonds is 5. The second-order valence-electron chi connectivity index (χ2n) is 6.64. The Morgan fingerprint density at radius 3 is 2.43 bits per heavy atom. The van der Waals surface area contributed by atoms with Crippen LogP contribution >= 0.6 is 23.2 Å². The summed E-state index contributed by atoms with van der Waals surface area (Å²) in [7, 11) is 0. The van der Waals surface area contributed by atoms with Gasteiger partial charge in [0.05, 0.1) is 27.0 Å². The lowest BCUT2D eigenvalue weighted by Gasteiger charge is -2.23. The number of nitrogens with one attached hydrogen (secondary N) is 1. The van der Waals surface area contributed by atoms with Crippen LogP contribution in [0.25, 0.3) is 0 Å². The molecule has 1 aliphatic heterocycles. The van der Waals surface area contributed by atoms with E-state index in [1.54, 1.807) is 18.2 Å². The number of hydrogen-bond donors (Lipinski definition) is 2. The predicted molar refractivity (Wildman–Crippen MR) is 112 cm³/mol. The van der Waals surface area contributed by atoms with Crippen molar-refractivity contribution >= 4 is 40.5 Å². The lowest BCUT2D eigenvalue weighted by atomic mass is 10.0. The van der Waals surface area contributed by atoms with Gasteiger partial charge < -0.3 is 15.2 Å². The van der Waals surface area contributed by atoms with E-state index in [1.165, 1.54) is 0 Å². The third-order valence-corrected chi connectivity index (χ3v) is 5.44. The highest BCUT2D eigenvalue weighted by Gasteiger charge is 2.22. The van der Waals surface area contributed by atoms with E-state index in [4.69, 9.17) is 27.9 Å². The number of ether oxygens (including phenoxy) is 1. The Kier molecular flexibility index (Phi) is 5.16. The molecule has 4 rings (SSSR count). The first-order valence-electron chi connectivity index (χ1n) is 8.89. The fourth-order valence-electron chi connectivity index (χ4n) is 3.28. The second-order valence-corrected chi connectivity index (χ2v) is 7.46. The van der Waals surface area contributed by atoms with Crippen LogP contribution in [-0.4, -0.2) is 11.1 Å². The second kappa shape index (κ2) is 7.74. The van der Waals surface area contributed by atoms with Crippen molar-refractivity contribution in [2.75, 3.05) is 5.32 Å². The zero-order valence-corrected chi connectivity index (χ0v) is 16.3. The molecule has 0 amide bonds. The number of halogens is 2. The van der Waals surface area contributed by atoms with E-state index < -0.39 is 5.97 Å². The minimum Gasteiger partial charge on any atom is -0.478 e. The number of carboxylic acids is 1. The molecule has 1 heterocycles. The van der Waals surface area contributed by atoms with E-state index in [9.17, 15) is 9.90 Å². The first-order valence-corrected chi connectivity index (χ1v) is 9.65. The van der Waals surface area contributed by atoms with Crippen molar-refractivity contribution in [3.05, 3.63) is 81.3 Å². The van der Waals surface area contributed by atoms with Crippen LogP contribution in [0.15, 0.2) is 54.6 Å². The number of benzene rings is 3. The molecule has 0 radical (unpaired) electrons. The third-order valence-electron chi connectivity index (χ3n) is 4.70. The molecule has 3 aromatic carbocycles. The molecule has 0 aromatic heterocycles.